The van der Waals surface area contributed by atoms with Crippen molar-refractivity contribution < 1.29 is 0 Å². The van der Waals surface area contributed by atoms with E-state index in [0.717, 1.165) is 13.1 Å². The standard InChI is InChI=1S/C5H9NS2/c7-4-5-3-6-1-2-8-5/h4-6H,1-3H2. The van der Waals surface area contributed by atoms with E-state index in [1.54, 1.807) is 0 Å². The molecule has 1 nitrogen and oxygen atoms in total. The number of rotatable bonds is 1. The van der Waals surface area contributed by atoms with Crippen LogP contribution in [0.3, 0.4) is 0 Å². The summed E-state index contributed by atoms with van der Waals surface area (Å²) in [5, 5.41) is 5.69. The Kier molecular flexibility index (Phi) is 2.80. The molecule has 0 aliphatic carbocycles. The molecule has 1 N–H and O–H groups in total. The maximum absolute atomic E-state index is 4.79. The van der Waals surface area contributed by atoms with Gasteiger partial charge >= 0.3 is 0 Å². The Balaban J connectivity index is 2.22. The summed E-state index contributed by atoms with van der Waals surface area (Å²) >= 11 is 6.73. The number of hydrogen-bond donors (Lipinski definition) is 1. The second-order valence-corrected chi connectivity index (χ2v) is 3.37. The summed E-state index contributed by atoms with van der Waals surface area (Å²) in [6.45, 7) is 2.21. The molecule has 1 atom stereocenters. The fraction of sp³-hybridized carbons (Fsp3) is 0.800. The first-order chi connectivity index (χ1) is 3.93. The Labute approximate surface area is 59.2 Å². The summed E-state index contributed by atoms with van der Waals surface area (Å²) in [5.74, 6) is 1.21. The highest BCUT2D eigenvalue weighted by atomic mass is 32.2. The molecule has 0 amide bonds. The van der Waals surface area contributed by atoms with Gasteiger partial charge < -0.3 is 5.32 Å². The predicted molar refractivity (Wildman–Crippen MR) is 42.8 cm³/mol. The van der Waals surface area contributed by atoms with Gasteiger partial charge in [0.2, 0.25) is 0 Å². The van der Waals surface area contributed by atoms with E-state index in [9.17, 15) is 0 Å². The van der Waals surface area contributed by atoms with Crippen molar-refractivity contribution in [2.24, 2.45) is 0 Å². The smallest absolute Gasteiger partial charge is 0.0455 e. The average Bonchev–Trinajstić information content (AvgIpc) is 1.90. The lowest BCUT2D eigenvalue weighted by molar-refractivity contribution is 0.734. The van der Waals surface area contributed by atoms with Crippen molar-refractivity contribution in [3.63, 3.8) is 0 Å². The van der Waals surface area contributed by atoms with Gasteiger partial charge in [0.05, 0.1) is 0 Å². The maximum Gasteiger partial charge on any atom is 0.0455 e. The molecule has 0 radical (unpaired) electrons. The molecule has 1 saturated heterocycles. The van der Waals surface area contributed by atoms with Crippen LogP contribution in [0.5, 0.6) is 0 Å². The van der Waals surface area contributed by atoms with Crippen molar-refractivity contribution in [3.05, 3.63) is 0 Å². The molecular formula is C5H9NS2. The van der Waals surface area contributed by atoms with Crippen molar-refractivity contribution in [1.82, 2.24) is 5.32 Å². The molecule has 1 heterocycles. The van der Waals surface area contributed by atoms with Gasteiger partial charge in [0.15, 0.2) is 0 Å². The van der Waals surface area contributed by atoms with Gasteiger partial charge in [-0.05, 0) is 5.37 Å². The lowest BCUT2D eigenvalue weighted by Crippen LogP contribution is -2.32. The molecule has 3 heteroatoms. The average molecular weight is 147 g/mol. The van der Waals surface area contributed by atoms with E-state index in [1.807, 2.05) is 17.1 Å². The van der Waals surface area contributed by atoms with E-state index in [1.165, 1.54) is 5.75 Å². The number of thioether (sulfide) groups is 1. The van der Waals surface area contributed by atoms with Gasteiger partial charge in [0.1, 0.15) is 0 Å². The fourth-order valence-corrected chi connectivity index (χ4v) is 1.88. The predicted octanol–water partition coefficient (Wildman–Crippen LogP) is 0.691. The minimum atomic E-state index is 0.582. The van der Waals surface area contributed by atoms with Crippen LogP contribution < -0.4 is 5.32 Å². The van der Waals surface area contributed by atoms with Gasteiger partial charge in [0.25, 0.3) is 0 Å². The third-order valence-corrected chi connectivity index (χ3v) is 2.78. The topological polar surface area (TPSA) is 12.0 Å². The zero-order valence-electron chi connectivity index (χ0n) is 4.59. The van der Waals surface area contributed by atoms with Crippen LogP contribution >= 0.6 is 24.0 Å². The van der Waals surface area contributed by atoms with E-state index >= 15 is 0 Å². The van der Waals surface area contributed by atoms with Gasteiger partial charge in [-0.25, -0.2) is 0 Å². The summed E-state index contributed by atoms with van der Waals surface area (Å²) in [7, 11) is 0. The van der Waals surface area contributed by atoms with Crippen LogP contribution in [0.15, 0.2) is 0 Å². The molecule has 1 rings (SSSR count). The normalized spacial score (nSPS) is 29.8. The van der Waals surface area contributed by atoms with E-state index in [2.05, 4.69) is 5.32 Å². The molecular weight excluding hydrogens is 138 g/mol. The molecule has 0 aromatic carbocycles. The largest absolute Gasteiger partial charge is 0.314 e. The van der Waals surface area contributed by atoms with Crippen molar-refractivity contribution in [3.8, 4) is 0 Å². The minimum Gasteiger partial charge on any atom is -0.314 e. The van der Waals surface area contributed by atoms with Gasteiger partial charge in [-0.2, -0.15) is 11.8 Å². The zero-order chi connectivity index (χ0) is 5.82. The molecule has 46 valence electrons. The summed E-state index contributed by atoms with van der Waals surface area (Å²) in [4.78, 5) is 0. The third-order valence-electron chi connectivity index (χ3n) is 1.11. The minimum absolute atomic E-state index is 0.582. The maximum atomic E-state index is 4.79. The van der Waals surface area contributed by atoms with Crippen molar-refractivity contribution in [2.75, 3.05) is 18.8 Å². The van der Waals surface area contributed by atoms with Crippen molar-refractivity contribution in [2.45, 2.75) is 5.25 Å². The highest BCUT2D eigenvalue weighted by molar-refractivity contribution is 8.01. The molecule has 1 unspecified atom stereocenters. The first kappa shape index (κ1) is 6.52. The molecule has 0 aromatic heterocycles. The highest BCUT2D eigenvalue weighted by Crippen LogP contribution is 2.10. The SMILES string of the molecule is S=CC1CNCCS1. The van der Waals surface area contributed by atoms with Gasteiger partial charge in [-0.1, -0.05) is 12.2 Å². The molecule has 0 saturated carbocycles. The van der Waals surface area contributed by atoms with Gasteiger partial charge in [0, 0.05) is 24.1 Å². The van der Waals surface area contributed by atoms with E-state index in [0.29, 0.717) is 5.25 Å². The summed E-state index contributed by atoms with van der Waals surface area (Å²) < 4.78 is 0. The first-order valence-corrected chi connectivity index (χ1v) is 4.23. The van der Waals surface area contributed by atoms with Crippen LogP contribution in [-0.4, -0.2) is 29.5 Å². The quantitative estimate of drug-likeness (QED) is 0.548. The molecule has 1 aliphatic rings. The Bertz CT molecular complexity index is 78.5. The zero-order valence-corrected chi connectivity index (χ0v) is 6.23. The second kappa shape index (κ2) is 3.43. The van der Waals surface area contributed by atoms with Crippen LogP contribution in [0, 0.1) is 0 Å². The molecule has 1 fully saturated rings. The molecule has 1 aliphatic heterocycles. The Morgan fingerprint density at radius 1 is 1.75 bits per heavy atom. The van der Waals surface area contributed by atoms with Crippen LogP contribution in [0.25, 0.3) is 0 Å². The third kappa shape index (κ3) is 1.73. The van der Waals surface area contributed by atoms with Crippen LogP contribution in [0.4, 0.5) is 0 Å². The molecule has 0 spiro atoms. The summed E-state index contributed by atoms with van der Waals surface area (Å²) in [6, 6.07) is 0. The molecule has 8 heavy (non-hydrogen) atoms. The number of hydrogen-bond acceptors (Lipinski definition) is 3. The lowest BCUT2D eigenvalue weighted by Gasteiger charge is -2.17. The van der Waals surface area contributed by atoms with Crippen molar-refractivity contribution >= 4 is 29.3 Å². The fourth-order valence-electron chi connectivity index (χ4n) is 0.673. The molecule has 0 aromatic rings. The molecule has 0 bridgehead atoms. The monoisotopic (exact) mass is 147 g/mol. The number of thiocarbonyl (C=S) groups is 1. The second-order valence-electron chi connectivity index (χ2n) is 1.75. The van der Waals surface area contributed by atoms with Crippen LogP contribution in [0.1, 0.15) is 0 Å². The van der Waals surface area contributed by atoms with Gasteiger partial charge in [-0.15, -0.1) is 0 Å². The summed E-state index contributed by atoms with van der Waals surface area (Å²) in [5.41, 5.74) is 0. The highest BCUT2D eigenvalue weighted by Gasteiger charge is 2.08. The Morgan fingerprint density at radius 3 is 3.00 bits per heavy atom. The van der Waals surface area contributed by atoms with E-state index < -0.39 is 0 Å². The van der Waals surface area contributed by atoms with E-state index in [-0.39, 0.29) is 0 Å². The number of nitrogens with one attached hydrogen (secondary N) is 1. The van der Waals surface area contributed by atoms with Gasteiger partial charge in [-0.3, -0.25) is 0 Å². The van der Waals surface area contributed by atoms with Crippen LogP contribution in [0.2, 0.25) is 0 Å². The Morgan fingerprint density at radius 2 is 2.62 bits per heavy atom. The Hall–Kier alpha value is 0.400. The van der Waals surface area contributed by atoms with E-state index in [4.69, 9.17) is 12.2 Å². The first-order valence-electron chi connectivity index (χ1n) is 2.71. The van der Waals surface area contributed by atoms with Crippen LogP contribution in [-0.2, 0) is 0 Å². The van der Waals surface area contributed by atoms with Crippen molar-refractivity contribution in [1.29, 1.82) is 0 Å². The lowest BCUT2D eigenvalue weighted by atomic mass is 10.4. The summed E-state index contributed by atoms with van der Waals surface area (Å²) in [6.07, 6.45) is 0.